The van der Waals surface area contributed by atoms with E-state index in [2.05, 4.69) is 4.98 Å². The van der Waals surface area contributed by atoms with E-state index in [0.29, 0.717) is 22.9 Å². The smallest absolute Gasteiger partial charge is 0.295 e. The van der Waals surface area contributed by atoms with Gasteiger partial charge in [-0.1, -0.05) is 11.6 Å². The van der Waals surface area contributed by atoms with E-state index in [1.807, 2.05) is 25.3 Å². The van der Waals surface area contributed by atoms with Crippen LogP contribution in [0.1, 0.15) is 34.5 Å². The highest BCUT2D eigenvalue weighted by atomic mass is 35.5. The first kappa shape index (κ1) is 22.0. The Hall–Kier alpha value is -3.16. The highest BCUT2D eigenvalue weighted by molar-refractivity contribution is 7.10. The first-order valence-corrected chi connectivity index (χ1v) is 11.3. The Morgan fingerprint density at radius 1 is 1.22 bits per heavy atom. The number of rotatable bonds is 6. The molecule has 1 saturated heterocycles. The normalized spacial score (nSPS) is 17.7. The van der Waals surface area contributed by atoms with Gasteiger partial charge in [-0.2, -0.15) is 0 Å². The van der Waals surface area contributed by atoms with E-state index in [-0.39, 0.29) is 17.9 Å². The molecule has 0 bridgehead atoms. The topological polar surface area (TPSA) is 79.7 Å². The van der Waals surface area contributed by atoms with Crippen LogP contribution in [0.5, 0.6) is 5.75 Å². The number of ketones is 1. The average Bonchev–Trinajstić information content (AvgIpc) is 3.31. The highest BCUT2D eigenvalue weighted by Crippen LogP contribution is 2.43. The largest absolute Gasteiger partial charge is 0.507 e. The van der Waals surface area contributed by atoms with E-state index in [1.165, 1.54) is 16.2 Å². The van der Waals surface area contributed by atoms with Gasteiger partial charge in [-0.25, -0.2) is 0 Å². The molecule has 0 radical (unpaired) electrons. The number of aliphatic hydroxyl groups is 1. The van der Waals surface area contributed by atoms with Gasteiger partial charge in [-0.05, 0) is 66.8 Å². The van der Waals surface area contributed by atoms with Crippen molar-refractivity contribution in [1.29, 1.82) is 0 Å². The first-order chi connectivity index (χ1) is 15.4. The number of thiophene rings is 1. The Morgan fingerprint density at radius 3 is 2.62 bits per heavy atom. The lowest BCUT2D eigenvalue weighted by molar-refractivity contribution is -0.140. The van der Waals surface area contributed by atoms with Crippen LogP contribution >= 0.6 is 22.9 Å². The number of aryl methyl sites for hydroxylation is 1. The molecule has 8 heteroatoms. The predicted molar refractivity (Wildman–Crippen MR) is 124 cm³/mol. The molecule has 1 unspecified atom stereocenters. The number of pyridine rings is 1. The monoisotopic (exact) mass is 468 g/mol. The lowest BCUT2D eigenvalue weighted by Gasteiger charge is -2.25. The molecule has 1 aliphatic rings. The molecule has 3 heterocycles. The number of likely N-dealkylation sites (tertiary alicyclic amines) is 1. The lowest BCUT2D eigenvalue weighted by Crippen LogP contribution is -2.29. The molecule has 2 aromatic heterocycles. The van der Waals surface area contributed by atoms with Crippen LogP contribution in [0, 0.1) is 6.92 Å². The Balaban J connectivity index is 1.86. The Morgan fingerprint density at radius 2 is 1.97 bits per heavy atom. The number of aliphatic hydroxyl groups excluding tert-OH is 1. The van der Waals surface area contributed by atoms with Crippen LogP contribution in [0.2, 0.25) is 5.02 Å². The van der Waals surface area contributed by atoms with Crippen LogP contribution in [-0.2, 0) is 16.1 Å². The summed E-state index contributed by atoms with van der Waals surface area (Å²) in [6.45, 7) is 4.37. The van der Waals surface area contributed by atoms with Crippen LogP contribution in [0.3, 0.4) is 0 Å². The molecular weight excluding hydrogens is 448 g/mol. The number of carbonyl (C=O) groups excluding carboxylic acids is 2. The Bertz CT molecular complexity index is 1210. The van der Waals surface area contributed by atoms with Crippen LogP contribution in [0.4, 0.5) is 0 Å². The third kappa shape index (κ3) is 4.01. The highest BCUT2D eigenvalue weighted by Gasteiger charge is 2.47. The van der Waals surface area contributed by atoms with Crippen LogP contribution in [0.25, 0.3) is 5.76 Å². The minimum absolute atomic E-state index is 0.0550. The van der Waals surface area contributed by atoms with Crippen molar-refractivity contribution in [3.8, 4) is 5.75 Å². The van der Waals surface area contributed by atoms with Crippen LogP contribution < -0.4 is 4.74 Å². The predicted octanol–water partition coefficient (Wildman–Crippen LogP) is 5.13. The zero-order chi connectivity index (χ0) is 22.8. The van der Waals surface area contributed by atoms with Gasteiger partial charge in [0.25, 0.3) is 11.7 Å². The molecule has 1 fully saturated rings. The first-order valence-electron chi connectivity index (χ1n) is 10.1. The maximum Gasteiger partial charge on any atom is 0.295 e. The van der Waals surface area contributed by atoms with E-state index in [9.17, 15) is 14.7 Å². The summed E-state index contributed by atoms with van der Waals surface area (Å²) in [6, 6.07) is 9.61. The second kappa shape index (κ2) is 9.14. The third-order valence-electron chi connectivity index (χ3n) is 5.30. The van der Waals surface area contributed by atoms with E-state index >= 15 is 0 Å². The van der Waals surface area contributed by atoms with E-state index < -0.39 is 17.7 Å². The Labute approximate surface area is 194 Å². The van der Waals surface area contributed by atoms with Crippen molar-refractivity contribution in [1.82, 2.24) is 9.88 Å². The number of carbonyl (C=O) groups is 2. The van der Waals surface area contributed by atoms with Crippen molar-refractivity contribution in [2.45, 2.75) is 26.4 Å². The molecule has 1 aromatic carbocycles. The molecule has 32 heavy (non-hydrogen) atoms. The van der Waals surface area contributed by atoms with Gasteiger partial charge in [0, 0.05) is 29.4 Å². The number of aromatic nitrogens is 1. The molecular formula is C24H21ClN2O4S. The van der Waals surface area contributed by atoms with Crippen LogP contribution in [0.15, 0.2) is 59.7 Å². The van der Waals surface area contributed by atoms with Gasteiger partial charge in [0.2, 0.25) is 0 Å². The van der Waals surface area contributed by atoms with Gasteiger partial charge in [-0.15, -0.1) is 11.3 Å². The zero-order valence-electron chi connectivity index (χ0n) is 17.5. The summed E-state index contributed by atoms with van der Waals surface area (Å²) < 4.78 is 5.52. The molecule has 1 amide bonds. The number of Topliss-reactive ketones (excluding diaryl/α,β-unsaturated/α-hetero) is 1. The quantitative estimate of drug-likeness (QED) is 0.308. The molecule has 6 nitrogen and oxygen atoms in total. The molecule has 1 aliphatic heterocycles. The fourth-order valence-corrected chi connectivity index (χ4v) is 4.96. The fraction of sp³-hybridized carbons (Fsp3) is 0.208. The number of ether oxygens (including phenoxy) is 1. The second-order valence-corrected chi connectivity index (χ2v) is 8.68. The molecule has 0 spiro atoms. The summed E-state index contributed by atoms with van der Waals surface area (Å²) >= 11 is 7.63. The van der Waals surface area contributed by atoms with Gasteiger partial charge in [0.1, 0.15) is 17.6 Å². The fourth-order valence-electron chi connectivity index (χ4n) is 3.74. The van der Waals surface area contributed by atoms with Gasteiger partial charge < -0.3 is 14.7 Å². The van der Waals surface area contributed by atoms with Crippen molar-refractivity contribution in [3.05, 3.63) is 86.3 Å². The van der Waals surface area contributed by atoms with E-state index in [1.54, 1.807) is 42.7 Å². The summed E-state index contributed by atoms with van der Waals surface area (Å²) in [5.41, 5.74) is 2.20. The Kier molecular flexibility index (Phi) is 6.30. The summed E-state index contributed by atoms with van der Waals surface area (Å²) in [5, 5.41) is 13.5. The standard InChI is InChI=1S/C24H21ClN2O4S/c1-3-31-18-12-16(4-5-17(18)25)21(28)19-20(23-14(2)8-11-32-23)27(24(30)22(19)29)13-15-6-9-26-10-7-15/h4-12,20,28H,3,13H2,1-2H3/b21-19-. The third-order valence-corrected chi connectivity index (χ3v) is 6.68. The summed E-state index contributed by atoms with van der Waals surface area (Å²) in [5.74, 6) is -1.23. The number of halogens is 1. The van der Waals surface area contributed by atoms with E-state index in [4.69, 9.17) is 16.3 Å². The molecule has 1 N–H and O–H groups in total. The van der Waals surface area contributed by atoms with Crippen LogP contribution in [-0.4, -0.2) is 33.3 Å². The minimum atomic E-state index is -0.720. The molecule has 1 atom stereocenters. The van der Waals surface area contributed by atoms with Crippen molar-refractivity contribution < 1.29 is 19.4 Å². The SMILES string of the molecule is CCOc1cc(/C(O)=C2/C(=O)C(=O)N(Cc3ccncc3)C2c2sccc2C)ccc1Cl. The summed E-state index contributed by atoms with van der Waals surface area (Å²) in [7, 11) is 0. The number of nitrogens with zero attached hydrogens (tertiary/aromatic N) is 2. The number of amides is 1. The minimum Gasteiger partial charge on any atom is -0.507 e. The maximum absolute atomic E-state index is 13.1. The number of hydrogen-bond donors (Lipinski definition) is 1. The molecule has 3 aromatic rings. The van der Waals surface area contributed by atoms with Crippen molar-refractivity contribution in [3.63, 3.8) is 0 Å². The maximum atomic E-state index is 13.1. The van der Waals surface area contributed by atoms with Gasteiger partial charge >= 0.3 is 0 Å². The molecule has 164 valence electrons. The number of benzene rings is 1. The van der Waals surface area contributed by atoms with Gasteiger partial charge in [0.15, 0.2) is 0 Å². The second-order valence-electron chi connectivity index (χ2n) is 7.33. The van der Waals surface area contributed by atoms with E-state index in [0.717, 1.165) is 16.0 Å². The van der Waals surface area contributed by atoms with Crippen molar-refractivity contribution >= 4 is 40.4 Å². The summed E-state index contributed by atoms with van der Waals surface area (Å²) in [4.78, 5) is 32.6. The van der Waals surface area contributed by atoms with Crippen molar-refractivity contribution in [2.24, 2.45) is 0 Å². The molecule has 0 saturated carbocycles. The average molecular weight is 469 g/mol. The molecule has 4 rings (SSSR count). The van der Waals surface area contributed by atoms with Gasteiger partial charge in [0.05, 0.1) is 17.2 Å². The van der Waals surface area contributed by atoms with Crippen molar-refractivity contribution in [2.75, 3.05) is 6.61 Å². The number of hydrogen-bond acceptors (Lipinski definition) is 6. The molecule has 0 aliphatic carbocycles. The van der Waals surface area contributed by atoms with Gasteiger partial charge in [-0.3, -0.25) is 14.6 Å². The summed E-state index contributed by atoms with van der Waals surface area (Å²) in [6.07, 6.45) is 3.28. The zero-order valence-corrected chi connectivity index (χ0v) is 19.1. The lowest BCUT2D eigenvalue weighted by atomic mass is 9.98.